The van der Waals surface area contributed by atoms with Crippen molar-refractivity contribution in [2.24, 2.45) is 23.2 Å². The fourth-order valence-electron chi connectivity index (χ4n) is 7.92. The Morgan fingerprint density at radius 3 is 2.74 bits per heavy atom. The molecule has 3 aliphatic carbocycles. The first-order chi connectivity index (χ1) is 18.2. The lowest BCUT2D eigenvalue weighted by atomic mass is 9.54. The van der Waals surface area contributed by atoms with Gasteiger partial charge >= 0.3 is 0 Å². The molecule has 2 N–H and O–H groups in total. The van der Waals surface area contributed by atoms with Crippen molar-refractivity contribution in [2.75, 3.05) is 0 Å². The van der Waals surface area contributed by atoms with Crippen LogP contribution >= 0.6 is 0 Å². The maximum absolute atomic E-state index is 13.9. The van der Waals surface area contributed by atoms with Crippen molar-refractivity contribution in [2.45, 2.75) is 90.5 Å². The minimum absolute atomic E-state index is 0.0340. The molecule has 5 rings (SSSR count). The van der Waals surface area contributed by atoms with E-state index in [4.69, 9.17) is 0 Å². The lowest BCUT2D eigenvalue weighted by Crippen LogP contribution is -2.44. The molecular formula is C32H39F2NO3. The summed E-state index contributed by atoms with van der Waals surface area (Å²) in [7, 11) is 0. The summed E-state index contributed by atoms with van der Waals surface area (Å²) in [5.41, 5.74) is 3.66. The molecule has 0 heterocycles. The van der Waals surface area contributed by atoms with Gasteiger partial charge in [-0.05, 0) is 97.4 Å². The van der Waals surface area contributed by atoms with E-state index in [2.05, 4.69) is 25.2 Å². The van der Waals surface area contributed by atoms with Gasteiger partial charge in [-0.2, -0.15) is 0 Å². The molecule has 2 aromatic carbocycles. The topological polar surface area (TPSA) is 66.4 Å². The molecule has 38 heavy (non-hydrogen) atoms. The normalized spacial score (nSPS) is 27.9. The lowest BCUT2D eigenvalue weighted by molar-refractivity contribution is -0.129. The minimum Gasteiger partial charge on any atom is -0.508 e. The Morgan fingerprint density at radius 2 is 1.97 bits per heavy atom. The third-order valence-electron chi connectivity index (χ3n) is 9.76. The Labute approximate surface area is 224 Å². The molecule has 204 valence electrons. The Bertz CT molecular complexity index is 1230. The number of benzene rings is 2. The number of hydrogen-bond donors (Lipinski definition) is 2. The molecule has 2 fully saturated rings. The number of fused-ring (bicyclic) bond motifs is 5. The van der Waals surface area contributed by atoms with Gasteiger partial charge in [0, 0.05) is 36.4 Å². The number of carbonyl (C=O) groups is 2. The number of Topliss-reactive ketones (excluding diaryl/α,β-unsaturated/α-hetero) is 1. The zero-order valence-corrected chi connectivity index (χ0v) is 22.5. The highest BCUT2D eigenvalue weighted by Crippen LogP contribution is 2.62. The van der Waals surface area contributed by atoms with Gasteiger partial charge in [0.05, 0.1) is 0 Å². The molecule has 6 heteroatoms. The lowest BCUT2D eigenvalue weighted by Gasteiger charge is -2.50. The van der Waals surface area contributed by atoms with E-state index < -0.39 is 11.6 Å². The number of nitrogens with one attached hydrogen (secondary N) is 1. The molecular weight excluding hydrogens is 484 g/mol. The molecule has 0 aromatic heterocycles. The van der Waals surface area contributed by atoms with Gasteiger partial charge in [-0.25, -0.2) is 8.78 Å². The predicted octanol–water partition coefficient (Wildman–Crippen LogP) is 6.76. The highest BCUT2D eigenvalue weighted by atomic mass is 19.1. The van der Waals surface area contributed by atoms with Crippen LogP contribution in [0.4, 0.5) is 8.78 Å². The van der Waals surface area contributed by atoms with E-state index in [1.165, 1.54) is 23.3 Å². The summed E-state index contributed by atoms with van der Waals surface area (Å²) in [5, 5.41) is 13.3. The number of ketones is 1. The minimum atomic E-state index is -0.660. The Hall–Kier alpha value is -2.76. The number of amides is 1. The highest BCUT2D eigenvalue weighted by Gasteiger charge is 2.58. The SMILES string of the molecule is CCCc1cc2c(cc1O)CCC1[C@@H]2CC[C@]2(C)C(=O)C[C@@H](CCCC(=O)NCc3ccc(F)cc3F)[C@@H]12. The van der Waals surface area contributed by atoms with Gasteiger partial charge < -0.3 is 10.4 Å². The van der Waals surface area contributed by atoms with Crippen molar-refractivity contribution in [3.63, 3.8) is 0 Å². The molecule has 3 aliphatic rings. The van der Waals surface area contributed by atoms with E-state index in [-0.39, 0.29) is 29.3 Å². The fraction of sp³-hybridized carbons (Fsp3) is 0.562. The van der Waals surface area contributed by atoms with Crippen molar-refractivity contribution < 1.29 is 23.5 Å². The van der Waals surface area contributed by atoms with Crippen LogP contribution in [0.1, 0.15) is 93.4 Å². The van der Waals surface area contributed by atoms with Crippen LogP contribution in [0, 0.1) is 34.8 Å². The molecule has 0 spiro atoms. The Morgan fingerprint density at radius 1 is 1.16 bits per heavy atom. The van der Waals surface area contributed by atoms with Crippen LogP contribution in [0.5, 0.6) is 5.75 Å². The summed E-state index contributed by atoms with van der Waals surface area (Å²) in [6.07, 6.45) is 8.19. The molecule has 4 nitrogen and oxygen atoms in total. The summed E-state index contributed by atoms with van der Waals surface area (Å²) in [5.74, 6) is 0.815. The van der Waals surface area contributed by atoms with Crippen molar-refractivity contribution in [1.29, 1.82) is 0 Å². The fourth-order valence-corrected chi connectivity index (χ4v) is 7.92. The molecule has 2 saturated carbocycles. The van der Waals surface area contributed by atoms with Crippen LogP contribution in [0.3, 0.4) is 0 Å². The summed E-state index contributed by atoms with van der Waals surface area (Å²) >= 11 is 0. The summed E-state index contributed by atoms with van der Waals surface area (Å²) < 4.78 is 27.0. The molecule has 0 bridgehead atoms. The number of hydrogen-bond acceptors (Lipinski definition) is 3. The molecule has 0 saturated heterocycles. The predicted molar refractivity (Wildman–Crippen MR) is 143 cm³/mol. The van der Waals surface area contributed by atoms with Gasteiger partial charge in [0.1, 0.15) is 23.2 Å². The number of halogens is 2. The number of rotatable bonds is 8. The van der Waals surface area contributed by atoms with Crippen molar-refractivity contribution in [1.82, 2.24) is 5.32 Å². The second kappa shape index (κ2) is 10.8. The average Bonchev–Trinajstić information content (AvgIpc) is 3.13. The maximum atomic E-state index is 13.9. The van der Waals surface area contributed by atoms with Crippen molar-refractivity contribution in [3.05, 3.63) is 64.2 Å². The summed E-state index contributed by atoms with van der Waals surface area (Å²) in [6, 6.07) is 7.59. The van der Waals surface area contributed by atoms with Crippen LogP contribution in [-0.4, -0.2) is 16.8 Å². The summed E-state index contributed by atoms with van der Waals surface area (Å²) in [4.78, 5) is 25.7. The molecule has 2 aromatic rings. The monoisotopic (exact) mass is 523 g/mol. The first-order valence-electron chi connectivity index (χ1n) is 14.3. The van der Waals surface area contributed by atoms with E-state index in [0.717, 1.165) is 56.6 Å². The van der Waals surface area contributed by atoms with Gasteiger partial charge in [0.25, 0.3) is 0 Å². The Kier molecular flexibility index (Phi) is 7.61. The molecule has 0 radical (unpaired) electrons. The van der Waals surface area contributed by atoms with Gasteiger partial charge in [0.2, 0.25) is 5.91 Å². The number of aromatic hydroxyl groups is 1. The number of aryl methyl sites for hydroxylation is 2. The van der Waals surface area contributed by atoms with E-state index >= 15 is 0 Å². The second-order valence-electron chi connectivity index (χ2n) is 12.0. The van der Waals surface area contributed by atoms with Gasteiger partial charge in [0.15, 0.2) is 0 Å². The molecule has 1 unspecified atom stereocenters. The molecule has 0 aliphatic heterocycles. The molecule has 5 atom stereocenters. The zero-order chi connectivity index (χ0) is 27.0. The number of phenols is 1. The van der Waals surface area contributed by atoms with Crippen LogP contribution in [0.15, 0.2) is 30.3 Å². The standard InChI is InChI=1S/C32H39F2NO3/c1-3-5-20-14-26-19(15-28(20)36)9-11-25-24(26)12-13-32(2)29(37)16-21(31(25)32)6-4-7-30(38)35-18-22-8-10-23(33)17-27(22)34/h8,10,14-15,17,21,24-25,31,36H,3-7,9,11-13,16,18H2,1-2H3,(H,35,38)/t21-,24+,25?,31+,32-/m1/s1. The first kappa shape index (κ1) is 26.8. The van der Waals surface area contributed by atoms with Crippen molar-refractivity contribution in [3.8, 4) is 5.75 Å². The van der Waals surface area contributed by atoms with Gasteiger partial charge in [-0.1, -0.05) is 32.4 Å². The smallest absolute Gasteiger partial charge is 0.220 e. The first-order valence-corrected chi connectivity index (χ1v) is 14.3. The molecule has 1 amide bonds. The summed E-state index contributed by atoms with van der Waals surface area (Å²) in [6.45, 7) is 4.34. The zero-order valence-electron chi connectivity index (χ0n) is 22.5. The maximum Gasteiger partial charge on any atom is 0.220 e. The van der Waals surface area contributed by atoms with E-state index in [1.54, 1.807) is 0 Å². The highest BCUT2D eigenvalue weighted by molar-refractivity contribution is 5.87. The van der Waals surface area contributed by atoms with E-state index in [1.807, 2.05) is 6.07 Å². The third-order valence-corrected chi connectivity index (χ3v) is 9.76. The van der Waals surface area contributed by atoms with E-state index in [9.17, 15) is 23.5 Å². The van der Waals surface area contributed by atoms with Crippen LogP contribution in [0.2, 0.25) is 0 Å². The van der Waals surface area contributed by atoms with Gasteiger partial charge in [-0.15, -0.1) is 0 Å². The average molecular weight is 524 g/mol. The number of phenolic OH excluding ortho intramolecular Hbond substituents is 1. The van der Waals surface area contributed by atoms with Crippen LogP contribution in [0.25, 0.3) is 0 Å². The van der Waals surface area contributed by atoms with Crippen molar-refractivity contribution >= 4 is 11.7 Å². The largest absolute Gasteiger partial charge is 0.508 e. The number of carbonyl (C=O) groups excluding carboxylic acids is 2. The van der Waals surface area contributed by atoms with Gasteiger partial charge in [-0.3, -0.25) is 9.59 Å². The third kappa shape index (κ3) is 4.99. The Balaban J connectivity index is 1.24. The van der Waals surface area contributed by atoms with Crippen LogP contribution in [-0.2, 0) is 29.0 Å². The quantitative estimate of drug-likeness (QED) is 0.402. The van der Waals surface area contributed by atoms with Crippen LogP contribution < -0.4 is 5.32 Å². The second-order valence-corrected chi connectivity index (χ2v) is 12.0. The van der Waals surface area contributed by atoms with E-state index in [0.29, 0.717) is 48.5 Å².